The van der Waals surface area contributed by atoms with Gasteiger partial charge in [-0.3, -0.25) is 4.79 Å². The second-order valence-electron chi connectivity index (χ2n) is 4.03. The average Bonchev–Trinajstić information content (AvgIpc) is 2.22. The number of thioether (sulfide) groups is 1. The Kier molecular flexibility index (Phi) is 12.1. The van der Waals surface area contributed by atoms with Gasteiger partial charge >= 0.3 is 0 Å². The zero-order valence-electron chi connectivity index (χ0n) is 10.4. The van der Waals surface area contributed by atoms with Gasteiger partial charge in [0.25, 0.3) is 0 Å². The Balaban J connectivity index is 3.01. The first-order valence-corrected chi connectivity index (χ1v) is 7.45. The zero-order chi connectivity index (χ0) is 11.4. The number of hydrogen-bond donors (Lipinski definition) is 0. The van der Waals surface area contributed by atoms with Crippen LogP contribution in [0.3, 0.4) is 0 Å². The van der Waals surface area contributed by atoms with Crippen molar-refractivity contribution in [3.8, 4) is 0 Å². The van der Waals surface area contributed by atoms with E-state index in [2.05, 4.69) is 6.92 Å². The predicted molar refractivity (Wildman–Crippen MR) is 70.4 cm³/mol. The third-order valence-electron chi connectivity index (χ3n) is 2.54. The maximum Gasteiger partial charge on any atom is 0.188 e. The average molecular weight is 230 g/mol. The van der Waals surface area contributed by atoms with Crippen molar-refractivity contribution < 1.29 is 4.79 Å². The summed E-state index contributed by atoms with van der Waals surface area (Å²) in [5.41, 5.74) is 0. The summed E-state index contributed by atoms with van der Waals surface area (Å²) in [5.74, 6) is 0.926. The Labute approximate surface area is 99.4 Å². The lowest BCUT2D eigenvalue weighted by Crippen LogP contribution is -1.91. The fourth-order valence-electron chi connectivity index (χ4n) is 1.64. The largest absolute Gasteiger partial charge is 0.287 e. The lowest BCUT2D eigenvalue weighted by atomic mass is 10.1. The van der Waals surface area contributed by atoms with E-state index in [4.69, 9.17) is 0 Å². The maximum absolute atomic E-state index is 11.2. The van der Waals surface area contributed by atoms with E-state index < -0.39 is 0 Å². The highest BCUT2D eigenvalue weighted by molar-refractivity contribution is 8.13. The molecule has 15 heavy (non-hydrogen) atoms. The second-order valence-corrected chi connectivity index (χ2v) is 5.35. The molecule has 0 heterocycles. The van der Waals surface area contributed by atoms with Crippen molar-refractivity contribution in [1.29, 1.82) is 0 Å². The van der Waals surface area contributed by atoms with Crippen LogP contribution in [0.25, 0.3) is 0 Å². The molecule has 0 rings (SSSR count). The Bertz CT molecular complexity index is 145. The predicted octanol–water partition coefficient (Wildman–Crippen LogP) is 4.80. The van der Waals surface area contributed by atoms with Gasteiger partial charge in [0.15, 0.2) is 5.12 Å². The van der Waals surface area contributed by atoms with Crippen LogP contribution < -0.4 is 0 Å². The molecule has 1 nitrogen and oxygen atoms in total. The molecular weight excluding hydrogens is 204 g/mol. The molecule has 0 N–H and O–H groups in total. The van der Waals surface area contributed by atoms with Crippen LogP contribution in [0.4, 0.5) is 0 Å². The van der Waals surface area contributed by atoms with Crippen molar-refractivity contribution in [2.45, 2.75) is 71.6 Å². The van der Waals surface area contributed by atoms with Crippen LogP contribution in [0.1, 0.15) is 71.6 Å². The lowest BCUT2D eigenvalue weighted by Gasteiger charge is -2.01. The molecule has 0 bridgehead atoms. The monoisotopic (exact) mass is 230 g/mol. The SMILES string of the molecule is CCCCCCCCCCC(=O)SCC. The lowest BCUT2D eigenvalue weighted by molar-refractivity contribution is -0.111. The van der Waals surface area contributed by atoms with E-state index in [0.717, 1.165) is 18.6 Å². The van der Waals surface area contributed by atoms with Crippen LogP contribution in [0, 0.1) is 0 Å². The molecule has 0 aromatic rings. The summed E-state index contributed by atoms with van der Waals surface area (Å²) in [6, 6.07) is 0. The molecule has 0 aromatic heterocycles. The molecule has 0 aliphatic carbocycles. The smallest absolute Gasteiger partial charge is 0.188 e. The Morgan fingerprint density at radius 1 is 0.867 bits per heavy atom. The first-order valence-electron chi connectivity index (χ1n) is 6.46. The number of carbonyl (C=O) groups is 1. The Hall–Kier alpha value is 0.0200. The van der Waals surface area contributed by atoms with E-state index in [1.54, 1.807) is 0 Å². The third-order valence-corrected chi connectivity index (χ3v) is 3.35. The summed E-state index contributed by atoms with van der Waals surface area (Å²) < 4.78 is 0. The summed E-state index contributed by atoms with van der Waals surface area (Å²) in [5, 5.41) is 0.378. The van der Waals surface area contributed by atoms with Crippen LogP contribution >= 0.6 is 11.8 Å². The summed E-state index contributed by atoms with van der Waals surface area (Å²) in [7, 11) is 0. The topological polar surface area (TPSA) is 17.1 Å². The number of carbonyl (C=O) groups excluding carboxylic acids is 1. The molecule has 2 heteroatoms. The van der Waals surface area contributed by atoms with Crippen LogP contribution in [0.15, 0.2) is 0 Å². The van der Waals surface area contributed by atoms with Gasteiger partial charge < -0.3 is 0 Å². The molecule has 0 atom stereocenters. The first kappa shape index (κ1) is 15.0. The van der Waals surface area contributed by atoms with Crippen LogP contribution in [0.2, 0.25) is 0 Å². The van der Waals surface area contributed by atoms with Gasteiger partial charge in [-0.25, -0.2) is 0 Å². The van der Waals surface area contributed by atoms with Gasteiger partial charge in [0, 0.05) is 6.42 Å². The van der Waals surface area contributed by atoms with E-state index in [9.17, 15) is 4.79 Å². The molecule has 0 unspecified atom stereocenters. The van der Waals surface area contributed by atoms with E-state index in [1.165, 1.54) is 56.7 Å². The Morgan fingerprint density at radius 2 is 1.40 bits per heavy atom. The standard InChI is InChI=1S/C13H26OS/c1-3-5-6-7-8-9-10-11-12-13(14)15-4-2/h3-12H2,1-2H3. The van der Waals surface area contributed by atoms with Crippen molar-refractivity contribution in [2.75, 3.05) is 5.75 Å². The third kappa shape index (κ3) is 11.9. The Morgan fingerprint density at radius 3 is 1.93 bits per heavy atom. The molecule has 0 amide bonds. The molecule has 0 radical (unpaired) electrons. The normalized spacial score (nSPS) is 10.5. The van der Waals surface area contributed by atoms with E-state index >= 15 is 0 Å². The van der Waals surface area contributed by atoms with Gasteiger partial charge in [0.05, 0.1) is 0 Å². The minimum Gasteiger partial charge on any atom is -0.287 e. The molecule has 0 spiro atoms. The molecule has 0 saturated heterocycles. The molecule has 0 saturated carbocycles. The van der Waals surface area contributed by atoms with Gasteiger partial charge in [-0.1, -0.05) is 70.6 Å². The van der Waals surface area contributed by atoms with Crippen LogP contribution in [-0.2, 0) is 4.79 Å². The van der Waals surface area contributed by atoms with Crippen molar-refractivity contribution in [3.63, 3.8) is 0 Å². The van der Waals surface area contributed by atoms with Crippen molar-refractivity contribution in [2.24, 2.45) is 0 Å². The molecule has 0 fully saturated rings. The van der Waals surface area contributed by atoms with Crippen molar-refractivity contribution >= 4 is 16.9 Å². The van der Waals surface area contributed by atoms with Gasteiger partial charge in [0.2, 0.25) is 0 Å². The van der Waals surface area contributed by atoms with Crippen molar-refractivity contribution in [1.82, 2.24) is 0 Å². The highest BCUT2D eigenvalue weighted by atomic mass is 32.2. The highest BCUT2D eigenvalue weighted by Crippen LogP contribution is 2.12. The molecule has 0 aromatic carbocycles. The van der Waals surface area contributed by atoms with Gasteiger partial charge in [0.1, 0.15) is 0 Å². The van der Waals surface area contributed by atoms with Crippen LogP contribution in [0.5, 0.6) is 0 Å². The minimum atomic E-state index is 0.378. The second kappa shape index (κ2) is 12.1. The van der Waals surface area contributed by atoms with Gasteiger partial charge in [-0.2, -0.15) is 0 Å². The minimum absolute atomic E-state index is 0.378. The fourth-order valence-corrected chi connectivity index (χ4v) is 2.25. The van der Waals surface area contributed by atoms with Crippen LogP contribution in [-0.4, -0.2) is 10.9 Å². The molecule has 0 aliphatic rings. The van der Waals surface area contributed by atoms with Gasteiger partial charge in [-0.05, 0) is 12.2 Å². The fraction of sp³-hybridized carbons (Fsp3) is 0.923. The summed E-state index contributed by atoms with van der Waals surface area (Å²) >= 11 is 1.47. The zero-order valence-corrected chi connectivity index (χ0v) is 11.2. The van der Waals surface area contributed by atoms with Gasteiger partial charge in [-0.15, -0.1) is 0 Å². The number of unbranched alkanes of at least 4 members (excludes halogenated alkanes) is 7. The van der Waals surface area contributed by atoms with E-state index in [1.807, 2.05) is 6.92 Å². The summed E-state index contributed by atoms with van der Waals surface area (Å²) in [6.45, 7) is 4.29. The quantitative estimate of drug-likeness (QED) is 0.502. The highest BCUT2D eigenvalue weighted by Gasteiger charge is 1.99. The maximum atomic E-state index is 11.2. The first-order chi connectivity index (χ1) is 7.31. The molecule has 0 aliphatic heterocycles. The van der Waals surface area contributed by atoms with Crippen molar-refractivity contribution in [3.05, 3.63) is 0 Å². The van der Waals surface area contributed by atoms with E-state index in [-0.39, 0.29) is 0 Å². The summed E-state index contributed by atoms with van der Waals surface area (Å²) in [6.07, 6.45) is 11.3. The number of rotatable bonds is 10. The number of hydrogen-bond acceptors (Lipinski definition) is 2. The summed E-state index contributed by atoms with van der Waals surface area (Å²) in [4.78, 5) is 11.2. The van der Waals surface area contributed by atoms with E-state index in [0.29, 0.717) is 5.12 Å². The molecule has 90 valence electrons. The molecular formula is C13H26OS.